The number of rotatable bonds is 3. The van der Waals surface area contributed by atoms with E-state index in [-0.39, 0.29) is 5.78 Å². The van der Waals surface area contributed by atoms with Crippen molar-refractivity contribution >= 4 is 16.7 Å². The van der Waals surface area contributed by atoms with Gasteiger partial charge in [-0.2, -0.15) is 0 Å². The van der Waals surface area contributed by atoms with Crippen molar-refractivity contribution in [3.05, 3.63) is 54.2 Å². The topological polar surface area (TPSA) is 30.0 Å². The van der Waals surface area contributed by atoms with Gasteiger partial charge in [-0.15, -0.1) is 0 Å². The molecule has 0 radical (unpaired) electrons. The Balaban J connectivity index is 2.41. The van der Waals surface area contributed by atoms with E-state index in [1.807, 2.05) is 37.3 Å². The van der Waals surface area contributed by atoms with Crippen LogP contribution in [0.25, 0.3) is 10.9 Å². The Labute approximate surface area is 94.6 Å². The van der Waals surface area contributed by atoms with Crippen LogP contribution in [0.15, 0.2) is 48.7 Å². The first-order chi connectivity index (χ1) is 7.81. The molecule has 2 rings (SSSR count). The van der Waals surface area contributed by atoms with Gasteiger partial charge in [-0.1, -0.05) is 24.3 Å². The highest BCUT2D eigenvalue weighted by Gasteiger charge is 2.04. The van der Waals surface area contributed by atoms with Crippen molar-refractivity contribution in [1.29, 1.82) is 0 Å². The molecule has 1 heterocycles. The van der Waals surface area contributed by atoms with Crippen molar-refractivity contribution in [1.82, 2.24) is 4.98 Å². The van der Waals surface area contributed by atoms with E-state index in [1.54, 1.807) is 18.3 Å². The highest BCUT2D eigenvalue weighted by atomic mass is 16.1. The molecule has 2 aromatic rings. The Hall–Kier alpha value is -1.96. The van der Waals surface area contributed by atoms with Crippen LogP contribution in [-0.2, 0) is 11.2 Å². The molecular weight excluding hydrogens is 198 g/mol. The molecule has 1 aromatic heterocycles. The maximum Gasteiger partial charge on any atom is 0.159 e. The van der Waals surface area contributed by atoms with E-state index in [2.05, 4.69) is 4.98 Å². The van der Waals surface area contributed by atoms with Gasteiger partial charge in [0, 0.05) is 18.0 Å². The van der Waals surface area contributed by atoms with Gasteiger partial charge >= 0.3 is 0 Å². The van der Waals surface area contributed by atoms with Gasteiger partial charge in [-0.25, -0.2) is 0 Å². The quantitative estimate of drug-likeness (QED) is 0.731. The summed E-state index contributed by atoms with van der Waals surface area (Å²) in [7, 11) is 0. The Kier molecular flexibility index (Phi) is 3.10. The first-order valence-electron chi connectivity index (χ1n) is 5.29. The van der Waals surface area contributed by atoms with Gasteiger partial charge in [0.2, 0.25) is 0 Å². The molecule has 0 aliphatic heterocycles. The second-order valence-corrected chi connectivity index (χ2v) is 3.63. The lowest BCUT2D eigenvalue weighted by molar-refractivity contribution is -0.114. The SMILES string of the molecule is C/C=C/C(=O)Cc1ccnc2ccccc12. The molecule has 2 heteroatoms. The highest BCUT2D eigenvalue weighted by molar-refractivity contribution is 5.94. The summed E-state index contributed by atoms with van der Waals surface area (Å²) in [5.74, 6) is 0.124. The van der Waals surface area contributed by atoms with Gasteiger partial charge in [-0.05, 0) is 30.7 Å². The summed E-state index contributed by atoms with van der Waals surface area (Å²) in [6, 6.07) is 9.78. The number of nitrogens with zero attached hydrogens (tertiary/aromatic N) is 1. The predicted molar refractivity (Wildman–Crippen MR) is 65.3 cm³/mol. The zero-order valence-electron chi connectivity index (χ0n) is 9.18. The van der Waals surface area contributed by atoms with E-state index in [0.29, 0.717) is 6.42 Å². The molecule has 0 N–H and O–H groups in total. The van der Waals surface area contributed by atoms with Crippen molar-refractivity contribution < 1.29 is 4.79 Å². The van der Waals surface area contributed by atoms with Crippen molar-refractivity contribution in [2.24, 2.45) is 0 Å². The van der Waals surface area contributed by atoms with Crippen LogP contribution < -0.4 is 0 Å². The summed E-state index contributed by atoms with van der Waals surface area (Å²) in [5.41, 5.74) is 1.97. The number of carbonyl (C=O) groups excluding carboxylic acids is 1. The smallest absolute Gasteiger partial charge is 0.159 e. The summed E-state index contributed by atoms with van der Waals surface area (Å²) in [5, 5.41) is 1.06. The molecule has 0 saturated heterocycles. The van der Waals surface area contributed by atoms with E-state index in [1.165, 1.54) is 0 Å². The first-order valence-corrected chi connectivity index (χ1v) is 5.29. The van der Waals surface area contributed by atoms with Gasteiger partial charge in [0.15, 0.2) is 5.78 Å². The Bertz CT molecular complexity index is 538. The molecule has 0 amide bonds. The predicted octanol–water partition coefficient (Wildman–Crippen LogP) is 2.92. The van der Waals surface area contributed by atoms with E-state index >= 15 is 0 Å². The van der Waals surface area contributed by atoms with Crippen LogP contribution in [0.2, 0.25) is 0 Å². The summed E-state index contributed by atoms with van der Waals surface area (Å²) in [4.78, 5) is 15.8. The fourth-order valence-electron chi connectivity index (χ4n) is 1.74. The van der Waals surface area contributed by atoms with Crippen LogP contribution in [0, 0.1) is 0 Å². The monoisotopic (exact) mass is 211 g/mol. The molecule has 0 atom stereocenters. The normalized spacial score (nSPS) is 11.1. The molecule has 80 valence electrons. The van der Waals surface area contributed by atoms with Crippen LogP contribution in [0.3, 0.4) is 0 Å². The van der Waals surface area contributed by atoms with Gasteiger partial charge in [0.25, 0.3) is 0 Å². The van der Waals surface area contributed by atoms with E-state index in [4.69, 9.17) is 0 Å². The number of allylic oxidation sites excluding steroid dienone is 2. The standard InChI is InChI=1S/C14H13NO/c1-2-5-12(16)10-11-8-9-15-14-7-4-3-6-13(11)14/h2-9H,10H2,1H3/b5-2+. The number of benzene rings is 1. The average Bonchev–Trinajstić information content (AvgIpc) is 2.30. The van der Waals surface area contributed by atoms with Crippen LogP contribution in [-0.4, -0.2) is 10.8 Å². The molecule has 0 aliphatic carbocycles. The van der Waals surface area contributed by atoms with Crippen molar-refractivity contribution in [3.63, 3.8) is 0 Å². The number of hydrogen-bond acceptors (Lipinski definition) is 2. The van der Waals surface area contributed by atoms with Gasteiger partial charge in [0.1, 0.15) is 0 Å². The molecule has 0 fully saturated rings. The lowest BCUT2D eigenvalue weighted by Crippen LogP contribution is -1.99. The third-order valence-electron chi connectivity index (χ3n) is 2.46. The molecule has 0 spiro atoms. The largest absolute Gasteiger partial charge is 0.294 e. The van der Waals surface area contributed by atoms with Crippen LogP contribution >= 0.6 is 0 Å². The molecule has 1 aromatic carbocycles. The van der Waals surface area contributed by atoms with Gasteiger partial charge in [-0.3, -0.25) is 9.78 Å². The number of para-hydroxylation sites is 1. The number of hydrogen-bond donors (Lipinski definition) is 0. The number of ketones is 1. The average molecular weight is 211 g/mol. The molecule has 0 unspecified atom stereocenters. The highest BCUT2D eigenvalue weighted by Crippen LogP contribution is 2.16. The third kappa shape index (κ3) is 2.16. The summed E-state index contributed by atoms with van der Waals surface area (Å²) in [6.07, 6.45) is 5.56. The van der Waals surface area contributed by atoms with Crippen LogP contribution in [0.4, 0.5) is 0 Å². The van der Waals surface area contributed by atoms with Crippen LogP contribution in [0.1, 0.15) is 12.5 Å². The summed E-state index contributed by atoms with van der Waals surface area (Å²) in [6.45, 7) is 1.85. The fraction of sp³-hybridized carbons (Fsp3) is 0.143. The number of pyridine rings is 1. The molecule has 16 heavy (non-hydrogen) atoms. The minimum absolute atomic E-state index is 0.124. The minimum atomic E-state index is 0.124. The maximum absolute atomic E-state index is 11.5. The molecule has 0 saturated carbocycles. The maximum atomic E-state index is 11.5. The number of fused-ring (bicyclic) bond motifs is 1. The summed E-state index contributed by atoms with van der Waals surface area (Å²) >= 11 is 0. The first kappa shape index (κ1) is 10.6. The number of carbonyl (C=O) groups is 1. The molecule has 0 bridgehead atoms. The molecule has 2 nitrogen and oxygen atoms in total. The second kappa shape index (κ2) is 4.71. The van der Waals surface area contributed by atoms with Crippen molar-refractivity contribution in [3.8, 4) is 0 Å². The van der Waals surface area contributed by atoms with E-state index in [9.17, 15) is 4.79 Å². The minimum Gasteiger partial charge on any atom is -0.294 e. The van der Waals surface area contributed by atoms with E-state index in [0.717, 1.165) is 16.5 Å². The zero-order chi connectivity index (χ0) is 11.4. The lowest BCUT2D eigenvalue weighted by atomic mass is 10.0. The second-order valence-electron chi connectivity index (χ2n) is 3.63. The van der Waals surface area contributed by atoms with Crippen LogP contribution in [0.5, 0.6) is 0 Å². The van der Waals surface area contributed by atoms with Gasteiger partial charge in [0.05, 0.1) is 5.52 Å². The Morgan fingerprint density at radius 3 is 2.94 bits per heavy atom. The van der Waals surface area contributed by atoms with Crippen molar-refractivity contribution in [2.75, 3.05) is 0 Å². The fourth-order valence-corrected chi connectivity index (χ4v) is 1.74. The molecular formula is C14H13NO. The van der Waals surface area contributed by atoms with Gasteiger partial charge < -0.3 is 0 Å². The zero-order valence-corrected chi connectivity index (χ0v) is 9.18. The lowest BCUT2D eigenvalue weighted by Gasteiger charge is -2.03. The van der Waals surface area contributed by atoms with E-state index < -0.39 is 0 Å². The third-order valence-corrected chi connectivity index (χ3v) is 2.46. The Morgan fingerprint density at radius 2 is 2.12 bits per heavy atom. The Morgan fingerprint density at radius 1 is 1.31 bits per heavy atom. The number of aromatic nitrogens is 1. The van der Waals surface area contributed by atoms with Crippen molar-refractivity contribution in [2.45, 2.75) is 13.3 Å². The summed E-state index contributed by atoms with van der Waals surface area (Å²) < 4.78 is 0. The molecule has 0 aliphatic rings.